The Labute approximate surface area is 116 Å². The summed E-state index contributed by atoms with van der Waals surface area (Å²) < 4.78 is 0. The number of hydrogen-bond acceptors (Lipinski definition) is 2. The number of likely N-dealkylation sites (tertiary alicyclic amines) is 1. The lowest BCUT2D eigenvalue weighted by atomic mass is 10.1. The summed E-state index contributed by atoms with van der Waals surface area (Å²) in [5.41, 5.74) is 0.665. The van der Waals surface area contributed by atoms with Gasteiger partial charge in [0.1, 0.15) is 5.75 Å². The molecule has 0 saturated carbocycles. The molecule has 0 spiro atoms. The van der Waals surface area contributed by atoms with E-state index in [0.717, 1.165) is 37.6 Å². The lowest BCUT2D eigenvalue weighted by Gasteiger charge is -2.24. The number of hydrogen-bond donors (Lipinski definition) is 1. The molecule has 1 N–H and O–H groups in total. The van der Waals surface area contributed by atoms with E-state index in [1.807, 2.05) is 4.90 Å². The van der Waals surface area contributed by atoms with Crippen molar-refractivity contribution in [1.29, 1.82) is 0 Å². The fraction of sp³-hybridized carbons (Fsp3) is 0.500. The Morgan fingerprint density at radius 1 is 1.39 bits per heavy atom. The van der Waals surface area contributed by atoms with Crippen molar-refractivity contribution < 1.29 is 9.90 Å². The van der Waals surface area contributed by atoms with Gasteiger partial charge in [-0.05, 0) is 49.9 Å². The van der Waals surface area contributed by atoms with Gasteiger partial charge < -0.3 is 10.0 Å². The molecule has 1 aromatic rings. The molecule has 1 fully saturated rings. The van der Waals surface area contributed by atoms with Crippen molar-refractivity contribution in [2.75, 3.05) is 11.9 Å². The molecule has 98 valence electrons. The first-order valence-corrected chi connectivity index (χ1v) is 7.50. The second-order valence-corrected chi connectivity index (χ2v) is 5.47. The summed E-state index contributed by atoms with van der Waals surface area (Å²) in [6, 6.07) is 6.90. The molecule has 1 saturated heterocycles. The monoisotopic (exact) mass is 311 g/mol. The van der Waals surface area contributed by atoms with Gasteiger partial charge in [0, 0.05) is 23.5 Å². The van der Waals surface area contributed by atoms with Crippen LogP contribution in [0.1, 0.15) is 36.0 Å². The van der Waals surface area contributed by atoms with Gasteiger partial charge in [0.2, 0.25) is 0 Å². The van der Waals surface area contributed by atoms with E-state index in [4.69, 9.17) is 0 Å². The lowest BCUT2D eigenvalue weighted by molar-refractivity contribution is 0.0730. The van der Waals surface area contributed by atoms with E-state index in [1.165, 1.54) is 0 Å². The summed E-state index contributed by atoms with van der Waals surface area (Å²) in [5.74, 6) is 0.288. The SMILES string of the molecule is O=C(c1ccc(O)cc1)N1CCCC1CCCBr. The molecular weight excluding hydrogens is 294 g/mol. The smallest absolute Gasteiger partial charge is 0.254 e. The second kappa shape index (κ2) is 6.23. The maximum absolute atomic E-state index is 12.4. The van der Waals surface area contributed by atoms with Crippen molar-refractivity contribution in [2.24, 2.45) is 0 Å². The first kappa shape index (κ1) is 13.4. The summed E-state index contributed by atoms with van der Waals surface area (Å²) in [7, 11) is 0. The Balaban J connectivity index is 2.05. The molecule has 1 aliphatic rings. The number of aromatic hydroxyl groups is 1. The van der Waals surface area contributed by atoms with E-state index in [0.29, 0.717) is 11.6 Å². The number of nitrogens with zero attached hydrogens (tertiary/aromatic N) is 1. The molecule has 1 aromatic carbocycles. The average Bonchev–Trinajstić information content (AvgIpc) is 2.84. The van der Waals surface area contributed by atoms with Gasteiger partial charge in [0.05, 0.1) is 0 Å². The second-order valence-electron chi connectivity index (χ2n) is 4.67. The average molecular weight is 312 g/mol. The van der Waals surface area contributed by atoms with Crippen LogP contribution in [0.2, 0.25) is 0 Å². The van der Waals surface area contributed by atoms with Crippen LogP contribution in [0.25, 0.3) is 0 Å². The molecule has 3 nitrogen and oxygen atoms in total. The Morgan fingerprint density at radius 2 is 2.11 bits per heavy atom. The summed E-state index contributed by atoms with van der Waals surface area (Å²) >= 11 is 3.44. The third kappa shape index (κ3) is 3.05. The number of carbonyl (C=O) groups is 1. The first-order valence-electron chi connectivity index (χ1n) is 6.38. The van der Waals surface area contributed by atoms with Crippen LogP contribution in [-0.4, -0.2) is 33.8 Å². The Kier molecular flexibility index (Phi) is 4.64. The molecule has 4 heteroatoms. The van der Waals surface area contributed by atoms with Gasteiger partial charge in [-0.1, -0.05) is 15.9 Å². The third-order valence-electron chi connectivity index (χ3n) is 3.42. The number of phenolic OH excluding ortho intramolecular Hbond substituents is 1. The van der Waals surface area contributed by atoms with Crippen LogP contribution in [-0.2, 0) is 0 Å². The van der Waals surface area contributed by atoms with Crippen LogP contribution in [0, 0.1) is 0 Å². The molecule has 1 heterocycles. The fourth-order valence-electron chi connectivity index (χ4n) is 2.49. The normalized spacial score (nSPS) is 19.2. The standard InChI is InChI=1S/C14H18BrNO2/c15-9-1-3-12-4-2-10-16(12)14(18)11-5-7-13(17)8-6-11/h5-8,12,17H,1-4,9-10H2. The quantitative estimate of drug-likeness (QED) is 0.868. The highest BCUT2D eigenvalue weighted by atomic mass is 79.9. The predicted octanol–water partition coefficient (Wildman–Crippen LogP) is 3.17. The fourth-order valence-corrected chi connectivity index (χ4v) is 2.81. The van der Waals surface area contributed by atoms with Gasteiger partial charge in [-0.25, -0.2) is 0 Å². The van der Waals surface area contributed by atoms with Crippen LogP contribution in [0.4, 0.5) is 0 Å². The van der Waals surface area contributed by atoms with Crippen LogP contribution >= 0.6 is 15.9 Å². The number of phenols is 1. The van der Waals surface area contributed by atoms with Gasteiger partial charge >= 0.3 is 0 Å². The van der Waals surface area contributed by atoms with E-state index in [2.05, 4.69) is 15.9 Å². The first-order chi connectivity index (χ1) is 8.72. The zero-order valence-corrected chi connectivity index (χ0v) is 11.9. The topological polar surface area (TPSA) is 40.5 Å². The van der Waals surface area contributed by atoms with Gasteiger partial charge in [-0.2, -0.15) is 0 Å². The maximum Gasteiger partial charge on any atom is 0.254 e. The van der Waals surface area contributed by atoms with Crippen molar-refractivity contribution in [3.05, 3.63) is 29.8 Å². The van der Waals surface area contributed by atoms with E-state index in [-0.39, 0.29) is 11.7 Å². The highest BCUT2D eigenvalue weighted by molar-refractivity contribution is 9.09. The van der Waals surface area contributed by atoms with Crippen LogP contribution in [0.3, 0.4) is 0 Å². The van der Waals surface area contributed by atoms with Crippen molar-refractivity contribution in [2.45, 2.75) is 31.7 Å². The Hall–Kier alpha value is -1.03. The molecule has 0 radical (unpaired) electrons. The highest BCUT2D eigenvalue weighted by Crippen LogP contribution is 2.24. The summed E-state index contributed by atoms with van der Waals surface area (Å²) in [5, 5.41) is 10.2. The zero-order valence-electron chi connectivity index (χ0n) is 10.3. The molecule has 1 aliphatic heterocycles. The third-order valence-corrected chi connectivity index (χ3v) is 3.98. The molecule has 1 amide bonds. The van der Waals surface area contributed by atoms with E-state index < -0.39 is 0 Å². The summed E-state index contributed by atoms with van der Waals surface area (Å²) in [6.45, 7) is 0.854. The molecule has 0 aromatic heterocycles. The van der Waals surface area contributed by atoms with Crippen molar-refractivity contribution in [1.82, 2.24) is 4.90 Å². The zero-order chi connectivity index (χ0) is 13.0. The van der Waals surface area contributed by atoms with Gasteiger partial charge in [-0.3, -0.25) is 4.79 Å². The molecule has 1 atom stereocenters. The number of alkyl halides is 1. The molecular formula is C14H18BrNO2. The number of carbonyl (C=O) groups excluding carboxylic acids is 1. The van der Waals surface area contributed by atoms with Gasteiger partial charge in [0.15, 0.2) is 0 Å². The Bertz CT molecular complexity index is 405. The van der Waals surface area contributed by atoms with Crippen molar-refractivity contribution in [3.63, 3.8) is 0 Å². The van der Waals surface area contributed by atoms with Crippen LogP contribution in [0.15, 0.2) is 24.3 Å². The minimum Gasteiger partial charge on any atom is -0.508 e. The summed E-state index contributed by atoms with van der Waals surface area (Å²) in [4.78, 5) is 14.3. The number of benzene rings is 1. The minimum absolute atomic E-state index is 0.0899. The molecule has 0 bridgehead atoms. The van der Waals surface area contributed by atoms with Crippen LogP contribution in [0.5, 0.6) is 5.75 Å². The van der Waals surface area contributed by atoms with E-state index >= 15 is 0 Å². The van der Waals surface area contributed by atoms with E-state index in [9.17, 15) is 9.90 Å². The highest BCUT2D eigenvalue weighted by Gasteiger charge is 2.28. The number of amides is 1. The maximum atomic E-state index is 12.4. The number of rotatable bonds is 4. The molecule has 0 aliphatic carbocycles. The minimum atomic E-state index is 0.0899. The largest absolute Gasteiger partial charge is 0.508 e. The van der Waals surface area contributed by atoms with Crippen molar-refractivity contribution in [3.8, 4) is 5.75 Å². The van der Waals surface area contributed by atoms with Gasteiger partial charge in [-0.15, -0.1) is 0 Å². The predicted molar refractivity (Wildman–Crippen MR) is 75.2 cm³/mol. The van der Waals surface area contributed by atoms with E-state index in [1.54, 1.807) is 24.3 Å². The summed E-state index contributed by atoms with van der Waals surface area (Å²) in [6.07, 6.45) is 4.37. The van der Waals surface area contributed by atoms with Crippen LogP contribution < -0.4 is 0 Å². The lowest BCUT2D eigenvalue weighted by Crippen LogP contribution is -2.35. The van der Waals surface area contributed by atoms with Gasteiger partial charge in [0.25, 0.3) is 5.91 Å². The molecule has 1 unspecified atom stereocenters. The number of halogens is 1. The molecule has 18 heavy (non-hydrogen) atoms. The van der Waals surface area contributed by atoms with Crippen molar-refractivity contribution >= 4 is 21.8 Å². The Morgan fingerprint density at radius 3 is 2.78 bits per heavy atom. The molecule has 2 rings (SSSR count).